The minimum absolute atomic E-state index is 0.0849. The van der Waals surface area contributed by atoms with E-state index in [9.17, 15) is 4.79 Å². The first-order chi connectivity index (χ1) is 9.76. The minimum atomic E-state index is -0.178. The molecule has 1 N–H and O–H groups in total. The number of carbonyl (C=O) groups excluding carboxylic acids is 1. The average molecular weight is 275 g/mol. The van der Waals surface area contributed by atoms with Crippen LogP contribution in [0.25, 0.3) is 11.5 Å². The third kappa shape index (κ3) is 2.42. The number of hydrogen-bond donors (Lipinski definition) is 1. The Morgan fingerprint density at radius 3 is 2.85 bits per heavy atom. The summed E-state index contributed by atoms with van der Waals surface area (Å²) in [5, 5.41) is 10.2. The Morgan fingerprint density at radius 1 is 1.25 bits per heavy atom. The van der Waals surface area contributed by atoms with Crippen LogP contribution in [0.5, 0.6) is 11.5 Å². The molecule has 0 unspecified atom stereocenters. The fourth-order valence-electron chi connectivity index (χ4n) is 1.77. The van der Waals surface area contributed by atoms with Gasteiger partial charge in [-0.15, -0.1) is 5.10 Å². The van der Waals surface area contributed by atoms with E-state index in [4.69, 9.17) is 13.9 Å². The lowest BCUT2D eigenvalue weighted by atomic mass is 10.2. The number of carbonyl (C=O) groups is 1. The molecule has 1 aromatic carbocycles. The molecule has 20 heavy (non-hydrogen) atoms. The standard InChI is InChI=1S/C13H13N3O4/c1-2-11(17)14-13-16-15-12(20-13)8-3-4-9-10(7-8)19-6-5-18-9/h3-4,7H,2,5-6H2,1H3,(H,14,16,17). The quantitative estimate of drug-likeness (QED) is 0.920. The highest BCUT2D eigenvalue weighted by Crippen LogP contribution is 2.34. The summed E-state index contributed by atoms with van der Waals surface area (Å²) in [6, 6.07) is 5.44. The second-order valence-electron chi connectivity index (χ2n) is 4.17. The van der Waals surface area contributed by atoms with Gasteiger partial charge in [0.2, 0.25) is 11.8 Å². The van der Waals surface area contributed by atoms with E-state index >= 15 is 0 Å². The Hall–Kier alpha value is -2.57. The van der Waals surface area contributed by atoms with Crippen molar-refractivity contribution >= 4 is 11.9 Å². The van der Waals surface area contributed by atoms with Crippen molar-refractivity contribution in [2.45, 2.75) is 13.3 Å². The lowest BCUT2D eigenvalue weighted by Crippen LogP contribution is -2.15. The lowest BCUT2D eigenvalue weighted by molar-refractivity contribution is -0.116. The van der Waals surface area contributed by atoms with E-state index in [1.54, 1.807) is 25.1 Å². The van der Waals surface area contributed by atoms with Gasteiger partial charge >= 0.3 is 6.01 Å². The molecule has 1 aromatic heterocycles. The molecule has 0 spiro atoms. The number of nitrogens with zero attached hydrogens (tertiary/aromatic N) is 2. The fourth-order valence-corrected chi connectivity index (χ4v) is 1.77. The van der Waals surface area contributed by atoms with Gasteiger partial charge in [-0.1, -0.05) is 12.0 Å². The molecule has 0 atom stereocenters. The van der Waals surface area contributed by atoms with E-state index in [-0.39, 0.29) is 11.9 Å². The number of amides is 1. The van der Waals surface area contributed by atoms with E-state index in [2.05, 4.69) is 15.5 Å². The molecule has 0 saturated heterocycles. The van der Waals surface area contributed by atoms with Gasteiger partial charge in [-0.2, -0.15) is 0 Å². The van der Waals surface area contributed by atoms with Crippen LogP contribution in [0.4, 0.5) is 6.01 Å². The van der Waals surface area contributed by atoms with Gasteiger partial charge in [0.05, 0.1) is 0 Å². The number of hydrogen-bond acceptors (Lipinski definition) is 6. The summed E-state index contributed by atoms with van der Waals surface area (Å²) in [5.74, 6) is 1.47. The highest BCUT2D eigenvalue weighted by Gasteiger charge is 2.16. The Morgan fingerprint density at radius 2 is 2.05 bits per heavy atom. The number of nitrogens with one attached hydrogen (secondary N) is 1. The van der Waals surface area contributed by atoms with E-state index in [1.165, 1.54) is 0 Å². The molecule has 2 heterocycles. The molecule has 7 heteroatoms. The van der Waals surface area contributed by atoms with Crippen molar-refractivity contribution in [3.8, 4) is 23.0 Å². The van der Waals surface area contributed by atoms with E-state index in [1.807, 2.05) is 0 Å². The lowest BCUT2D eigenvalue weighted by Gasteiger charge is -2.18. The molecule has 3 rings (SSSR count). The zero-order valence-electron chi connectivity index (χ0n) is 10.9. The Labute approximate surface area is 114 Å². The molecule has 7 nitrogen and oxygen atoms in total. The maximum absolute atomic E-state index is 11.2. The van der Waals surface area contributed by atoms with Crippen LogP contribution < -0.4 is 14.8 Å². The number of aromatic nitrogens is 2. The van der Waals surface area contributed by atoms with Crippen LogP contribution in [0, 0.1) is 0 Å². The van der Waals surface area contributed by atoms with Crippen LogP contribution in [0.1, 0.15) is 13.3 Å². The van der Waals surface area contributed by atoms with Crippen LogP contribution in [-0.2, 0) is 4.79 Å². The second-order valence-corrected chi connectivity index (χ2v) is 4.17. The normalized spacial score (nSPS) is 13.1. The molecule has 0 bridgehead atoms. The zero-order valence-corrected chi connectivity index (χ0v) is 10.9. The molecule has 0 aliphatic carbocycles. The van der Waals surface area contributed by atoms with E-state index in [0.29, 0.717) is 42.6 Å². The van der Waals surface area contributed by atoms with Crippen LogP contribution in [0.2, 0.25) is 0 Å². The third-order valence-corrected chi connectivity index (χ3v) is 2.78. The summed E-state index contributed by atoms with van der Waals surface area (Å²) in [6.45, 7) is 2.80. The SMILES string of the molecule is CCC(=O)Nc1nnc(-c2ccc3c(c2)OCCO3)o1. The molecule has 2 aromatic rings. The Kier molecular flexibility index (Phi) is 3.24. The molecule has 1 aliphatic heterocycles. The van der Waals surface area contributed by atoms with Gasteiger partial charge in [0.25, 0.3) is 0 Å². The Balaban J connectivity index is 1.84. The first-order valence-electron chi connectivity index (χ1n) is 6.29. The number of fused-ring (bicyclic) bond motifs is 1. The maximum Gasteiger partial charge on any atom is 0.322 e. The van der Waals surface area contributed by atoms with Crippen molar-refractivity contribution in [3.05, 3.63) is 18.2 Å². The van der Waals surface area contributed by atoms with Crippen molar-refractivity contribution in [1.29, 1.82) is 0 Å². The molecular weight excluding hydrogens is 262 g/mol. The summed E-state index contributed by atoms with van der Waals surface area (Å²) in [5.41, 5.74) is 0.707. The predicted octanol–water partition coefficient (Wildman–Crippen LogP) is 1.86. The van der Waals surface area contributed by atoms with Gasteiger partial charge < -0.3 is 13.9 Å². The molecule has 1 aliphatic rings. The number of benzene rings is 1. The monoisotopic (exact) mass is 275 g/mol. The average Bonchev–Trinajstić information content (AvgIpc) is 2.95. The van der Waals surface area contributed by atoms with Gasteiger partial charge in [0.1, 0.15) is 13.2 Å². The van der Waals surface area contributed by atoms with E-state index < -0.39 is 0 Å². The molecule has 104 valence electrons. The third-order valence-electron chi connectivity index (χ3n) is 2.78. The highest BCUT2D eigenvalue weighted by molar-refractivity contribution is 5.88. The Bertz CT molecular complexity index is 638. The van der Waals surface area contributed by atoms with E-state index in [0.717, 1.165) is 0 Å². The van der Waals surface area contributed by atoms with Gasteiger partial charge in [-0.05, 0) is 18.2 Å². The second kappa shape index (κ2) is 5.20. The number of ether oxygens (including phenoxy) is 2. The van der Waals surface area contributed by atoms with Gasteiger partial charge in [-0.25, -0.2) is 0 Å². The van der Waals surface area contributed by atoms with Crippen molar-refractivity contribution < 1.29 is 18.7 Å². The molecule has 0 saturated carbocycles. The summed E-state index contributed by atoms with van der Waals surface area (Å²) < 4.78 is 16.3. The topological polar surface area (TPSA) is 86.5 Å². The minimum Gasteiger partial charge on any atom is -0.486 e. The molecule has 0 radical (unpaired) electrons. The molecular formula is C13H13N3O4. The van der Waals surface area contributed by atoms with Crippen LogP contribution >= 0.6 is 0 Å². The van der Waals surface area contributed by atoms with Gasteiger partial charge in [0, 0.05) is 12.0 Å². The predicted molar refractivity (Wildman–Crippen MR) is 69.6 cm³/mol. The largest absolute Gasteiger partial charge is 0.486 e. The van der Waals surface area contributed by atoms with Gasteiger partial charge in [-0.3, -0.25) is 10.1 Å². The summed E-state index contributed by atoms with van der Waals surface area (Å²) in [4.78, 5) is 11.2. The van der Waals surface area contributed by atoms with Crippen molar-refractivity contribution in [2.24, 2.45) is 0 Å². The maximum atomic E-state index is 11.2. The number of rotatable bonds is 3. The smallest absolute Gasteiger partial charge is 0.322 e. The van der Waals surface area contributed by atoms with Crippen molar-refractivity contribution in [1.82, 2.24) is 10.2 Å². The first kappa shape index (κ1) is 12.5. The summed E-state index contributed by atoms with van der Waals surface area (Å²) in [6.07, 6.45) is 0.349. The highest BCUT2D eigenvalue weighted by atomic mass is 16.6. The molecule has 1 amide bonds. The molecule has 0 fully saturated rings. The van der Waals surface area contributed by atoms with Crippen molar-refractivity contribution in [3.63, 3.8) is 0 Å². The zero-order chi connectivity index (χ0) is 13.9. The van der Waals surface area contributed by atoms with Crippen LogP contribution in [0.15, 0.2) is 22.6 Å². The summed E-state index contributed by atoms with van der Waals surface area (Å²) in [7, 11) is 0. The van der Waals surface area contributed by atoms with Crippen LogP contribution in [-0.4, -0.2) is 29.3 Å². The van der Waals surface area contributed by atoms with Gasteiger partial charge in [0.15, 0.2) is 11.5 Å². The first-order valence-corrected chi connectivity index (χ1v) is 6.29. The van der Waals surface area contributed by atoms with Crippen molar-refractivity contribution in [2.75, 3.05) is 18.5 Å². The van der Waals surface area contributed by atoms with Crippen LogP contribution in [0.3, 0.4) is 0 Å². The fraction of sp³-hybridized carbons (Fsp3) is 0.308. The number of anilines is 1. The summed E-state index contributed by atoms with van der Waals surface area (Å²) >= 11 is 0.